The van der Waals surface area contributed by atoms with E-state index in [0.717, 1.165) is 25.8 Å². The number of piperidine rings is 1. The van der Waals surface area contributed by atoms with Gasteiger partial charge in [-0.1, -0.05) is 11.6 Å². The molecular weight excluding hydrogens is 256 g/mol. The van der Waals surface area contributed by atoms with Crippen molar-refractivity contribution >= 4 is 23.4 Å². The van der Waals surface area contributed by atoms with Crippen LogP contribution >= 0.6 is 11.6 Å². The zero-order valence-electron chi connectivity index (χ0n) is 9.84. The number of hydrogen-bond donors (Lipinski definition) is 2. The van der Waals surface area contributed by atoms with Crippen LogP contribution in [0, 0.1) is 0 Å². The summed E-state index contributed by atoms with van der Waals surface area (Å²) in [6, 6.07) is 1.41. The Morgan fingerprint density at radius 1 is 1.56 bits per heavy atom. The summed E-state index contributed by atoms with van der Waals surface area (Å²) in [7, 11) is 0. The molecule has 0 radical (unpaired) electrons. The fourth-order valence-electron chi connectivity index (χ4n) is 2.23. The Hall–Kier alpha value is -1.33. The molecule has 1 aromatic heterocycles. The number of carboxylic acid groups (broad SMARTS) is 1. The molecule has 2 rings (SSSR count). The Kier molecular flexibility index (Phi) is 4.04. The lowest BCUT2D eigenvalue weighted by Crippen LogP contribution is -2.42. The number of pyridine rings is 1. The zero-order valence-corrected chi connectivity index (χ0v) is 10.6. The van der Waals surface area contributed by atoms with E-state index in [-0.39, 0.29) is 18.2 Å². The van der Waals surface area contributed by atoms with E-state index in [0.29, 0.717) is 10.8 Å². The Balaban J connectivity index is 2.29. The molecule has 5 nitrogen and oxygen atoms in total. The first-order valence-corrected chi connectivity index (χ1v) is 6.27. The van der Waals surface area contributed by atoms with Gasteiger partial charge >= 0.3 is 5.97 Å². The number of halogens is 1. The largest absolute Gasteiger partial charge is 0.478 e. The van der Waals surface area contributed by atoms with Gasteiger partial charge in [0.25, 0.3) is 0 Å². The third kappa shape index (κ3) is 2.57. The number of anilines is 1. The van der Waals surface area contributed by atoms with Gasteiger partial charge in [-0.15, -0.1) is 0 Å². The molecule has 1 fully saturated rings. The molecular formula is C12H15ClN2O3. The molecule has 1 unspecified atom stereocenters. The lowest BCUT2D eigenvalue weighted by molar-refractivity contribution is 0.0696. The highest BCUT2D eigenvalue weighted by molar-refractivity contribution is 6.33. The number of carboxylic acids is 1. The second kappa shape index (κ2) is 5.54. The van der Waals surface area contributed by atoms with E-state index in [1.807, 2.05) is 4.90 Å². The summed E-state index contributed by atoms with van der Waals surface area (Å²) in [5.41, 5.74) is 0.0707. The highest BCUT2D eigenvalue weighted by Crippen LogP contribution is 2.29. The van der Waals surface area contributed by atoms with Crippen LogP contribution in [0.2, 0.25) is 5.02 Å². The summed E-state index contributed by atoms with van der Waals surface area (Å²) in [6.07, 6.45) is 4.30. The minimum absolute atomic E-state index is 0.0134. The van der Waals surface area contributed by atoms with Gasteiger partial charge < -0.3 is 15.1 Å². The molecule has 2 N–H and O–H groups in total. The molecule has 18 heavy (non-hydrogen) atoms. The summed E-state index contributed by atoms with van der Waals surface area (Å²) in [5, 5.41) is 18.5. The summed E-state index contributed by atoms with van der Waals surface area (Å²) < 4.78 is 0. The molecule has 0 amide bonds. The van der Waals surface area contributed by atoms with Crippen LogP contribution in [0.25, 0.3) is 0 Å². The van der Waals surface area contributed by atoms with Crippen molar-refractivity contribution in [1.82, 2.24) is 4.98 Å². The maximum Gasteiger partial charge on any atom is 0.337 e. The fourth-order valence-corrected chi connectivity index (χ4v) is 2.50. The van der Waals surface area contributed by atoms with Crippen molar-refractivity contribution in [1.29, 1.82) is 0 Å². The van der Waals surface area contributed by atoms with Gasteiger partial charge in [0, 0.05) is 12.7 Å². The van der Waals surface area contributed by atoms with Gasteiger partial charge in [0.1, 0.15) is 5.82 Å². The number of nitrogens with zero attached hydrogens (tertiary/aromatic N) is 2. The van der Waals surface area contributed by atoms with Gasteiger partial charge in [-0.05, 0) is 25.3 Å². The zero-order chi connectivity index (χ0) is 13.1. The van der Waals surface area contributed by atoms with Crippen LogP contribution in [0.4, 0.5) is 5.82 Å². The summed E-state index contributed by atoms with van der Waals surface area (Å²) in [5.74, 6) is -0.492. The monoisotopic (exact) mass is 270 g/mol. The van der Waals surface area contributed by atoms with Crippen molar-refractivity contribution in [2.45, 2.75) is 25.3 Å². The topological polar surface area (TPSA) is 73.7 Å². The van der Waals surface area contributed by atoms with E-state index in [2.05, 4.69) is 4.98 Å². The molecule has 0 spiro atoms. The predicted octanol–water partition coefficient (Wildman–Crippen LogP) is 1.78. The van der Waals surface area contributed by atoms with Gasteiger partial charge in [-0.3, -0.25) is 0 Å². The first kappa shape index (κ1) is 13.1. The third-order valence-electron chi connectivity index (χ3n) is 3.18. The molecule has 6 heteroatoms. The Morgan fingerprint density at radius 2 is 2.33 bits per heavy atom. The van der Waals surface area contributed by atoms with E-state index >= 15 is 0 Å². The van der Waals surface area contributed by atoms with Crippen molar-refractivity contribution in [2.75, 3.05) is 18.1 Å². The summed E-state index contributed by atoms with van der Waals surface area (Å²) in [4.78, 5) is 16.9. The van der Waals surface area contributed by atoms with Crippen molar-refractivity contribution in [2.24, 2.45) is 0 Å². The maximum absolute atomic E-state index is 10.8. The summed E-state index contributed by atoms with van der Waals surface area (Å²) >= 11 is 6.08. The van der Waals surface area contributed by atoms with Crippen molar-refractivity contribution in [3.05, 3.63) is 22.8 Å². The predicted molar refractivity (Wildman–Crippen MR) is 68.3 cm³/mol. The van der Waals surface area contributed by atoms with E-state index < -0.39 is 5.97 Å². The highest BCUT2D eigenvalue weighted by Gasteiger charge is 2.25. The molecule has 0 bridgehead atoms. The lowest BCUT2D eigenvalue weighted by atomic mass is 10.0. The number of aromatic nitrogens is 1. The van der Waals surface area contributed by atoms with E-state index in [4.69, 9.17) is 16.7 Å². The molecule has 1 aromatic rings. The van der Waals surface area contributed by atoms with Crippen molar-refractivity contribution in [3.8, 4) is 0 Å². The average molecular weight is 271 g/mol. The minimum atomic E-state index is -1.05. The molecule has 1 aliphatic rings. The van der Waals surface area contributed by atoms with E-state index in [1.165, 1.54) is 12.3 Å². The average Bonchev–Trinajstić information content (AvgIpc) is 2.38. The van der Waals surface area contributed by atoms with Gasteiger partial charge in [-0.25, -0.2) is 9.78 Å². The van der Waals surface area contributed by atoms with Crippen LogP contribution in [0.1, 0.15) is 29.6 Å². The second-order valence-electron chi connectivity index (χ2n) is 4.36. The molecule has 0 aromatic carbocycles. The lowest BCUT2D eigenvalue weighted by Gasteiger charge is -2.36. The van der Waals surface area contributed by atoms with Gasteiger partial charge in [0.05, 0.1) is 23.2 Å². The Morgan fingerprint density at radius 3 is 2.94 bits per heavy atom. The number of carbonyl (C=O) groups is 1. The standard InChI is InChI=1S/C12H15ClN2O3/c13-10-5-8(12(17)18)6-14-11(10)15-4-2-1-3-9(15)7-16/h5-6,9,16H,1-4,7H2,(H,17,18). The molecule has 0 aliphatic carbocycles. The van der Waals surface area contributed by atoms with Gasteiger partial charge in [0.2, 0.25) is 0 Å². The molecule has 2 heterocycles. The molecule has 98 valence electrons. The van der Waals surface area contributed by atoms with Crippen LogP contribution in [-0.2, 0) is 0 Å². The van der Waals surface area contributed by atoms with Gasteiger partial charge in [-0.2, -0.15) is 0 Å². The number of aromatic carboxylic acids is 1. The second-order valence-corrected chi connectivity index (χ2v) is 4.77. The SMILES string of the molecule is O=C(O)c1cnc(N2CCCCC2CO)c(Cl)c1. The highest BCUT2D eigenvalue weighted by atomic mass is 35.5. The van der Waals surface area contributed by atoms with E-state index in [9.17, 15) is 9.90 Å². The van der Waals surface area contributed by atoms with Crippen LogP contribution in [-0.4, -0.2) is 40.4 Å². The maximum atomic E-state index is 10.8. The normalized spacial score (nSPS) is 19.9. The quantitative estimate of drug-likeness (QED) is 0.876. The Labute approximate surface area is 110 Å². The third-order valence-corrected chi connectivity index (χ3v) is 3.46. The van der Waals surface area contributed by atoms with Crippen LogP contribution in [0.3, 0.4) is 0 Å². The van der Waals surface area contributed by atoms with Gasteiger partial charge in [0.15, 0.2) is 0 Å². The first-order valence-electron chi connectivity index (χ1n) is 5.90. The summed E-state index contributed by atoms with van der Waals surface area (Å²) in [6.45, 7) is 0.836. The fraction of sp³-hybridized carbons (Fsp3) is 0.500. The molecule has 1 saturated heterocycles. The van der Waals surface area contributed by atoms with Crippen molar-refractivity contribution < 1.29 is 15.0 Å². The van der Waals surface area contributed by atoms with Crippen LogP contribution < -0.4 is 4.90 Å². The van der Waals surface area contributed by atoms with Crippen LogP contribution in [0.5, 0.6) is 0 Å². The Bertz CT molecular complexity index is 453. The number of aliphatic hydroxyl groups is 1. The smallest absolute Gasteiger partial charge is 0.337 e. The number of hydrogen-bond acceptors (Lipinski definition) is 4. The van der Waals surface area contributed by atoms with Crippen LogP contribution in [0.15, 0.2) is 12.3 Å². The first-order chi connectivity index (χ1) is 8.63. The molecule has 0 saturated carbocycles. The van der Waals surface area contributed by atoms with Crippen molar-refractivity contribution in [3.63, 3.8) is 0 Å². The molecule has 1 atom stereocenters. The number of aliphatic hydroxyl groups excluding tert-OH is 1. The number of rotatable bonds is 3. The van der Waals surface area contributed by atoms with E-state index in [1.54, 1.807) is 0 Å². The minimum Gasteiger partial charge on any atom is -0.478 e. The molecule has 1 aliphatic heterocycles.